The van der Waals surface area contributed by atoms with Gasteiger partial charge in [0.15, 0.2) is 0 Å². The summed E-state index contributed by atoms with van der Waals surface area (Å²) >= 11 is 0. The Morgan fingerprint density at radius 3 is 2.12 bits per heavy atom. The lowest BCUT2D eigenvalue weighted by Gasteiger charge is -2.45. The predicted molar refractivity (Wildman–Crippen MR) is 53.1 cm³/mol. The molecule has 5 heteroatoms. The molecule has 1 N–H and O–H groups in total. The summed E-state index contributed by atoms with van der Waals surface area (Å²) in [6.45, 7) is 1.53. The summed E-state index contributed by atoms with van der Waals surface area (Å²) in [5.74, 6) is -2.84. The van der Waals surface area contributed by atoms with Crippen LogP contribution in [0.15, 0.2) is 12.2 Å². The minimum Gasteiger partial charge on any atom is -0.416 e. The number of hydrogen-bond donors (Lipinski definition) is 1. The second-order valence-corrected chi connectivity index (χ2v) is 4.41. The van der Waals surface area contributed by atoms with Crippen LogP contribution < -0.4 is 0 Å². The van der Waals surface area contributed by atoms with Crippen molar-refractivity contribution in [2.45, 2.75) is 44.0 Å². The first-order valence-corrected chi connectivity index (χ1v) is 5.32. The van der Waals surface area contributed by atoms with Crippen LogP contribution in [-0.2, 0) is 19.1 Å². The Balaban J connectivity index is 2.35. The molecular weight excluding hydrogens is 212 g/mol. The maximum atomic E-state index is 11.3. The highest BCUT2D eigenvalue weighted by atomic mass is 16.7. The minimum atomic E-state index is -1.52. The summed E-state index contributed by atoms with van der Waals surface area (Å²) < 4.78 is 10.2. The fraction of sp³-hybridized carbons (Fsp3) is 0.636. The fourth-order valence-electron chi connectivity index (χ4n) is 2.16. The van der Waals surface area contributed by atoms with Crippen LogP contribution in [0.25, 0.3) is 0 Å². The van der Waals surface area contributed by atoms with Crippen LogP contribution in [0.4, 0.5) is 0 Å². The SMILES string of the molecule is CC1(O)CCCCC12OC(=O)C=CC(=O)O2. The van der Waals surface area contributed by atoms with Gasteiger partial charge in [0.05, 0.1) is 0 Å². The summed E-state index contributed by atoms with van der Waals surface area (Å²) in [7, 11) is 0. The van der Waals surface area contributed by atoms with E-state index in [9.17, 15) is 14.7 Å². The van der Waals surface area contributed by atoms with Crippen LogP contribution in [0, 0.1) is 0 Å². The van der Waals surface area contributed by atoms with E-state index in [1.165, 1.54) is 6.92 Å². The van der Waals surface area contributed by atoms with Gasteiger partial charge in [0.2, 0.25) is 0 Å². The molecule has 16 heavy (non-hydrogen) atoms. The first-order valence-electron chi connectivity index (χ1n) is 5.32. The van der Waals surface area contributed by atoms with Crippen molar-refractivity contribution in [2.24, 2.45) is 0 Å². The van der Waals surface area contributed by atoms with Crippen LogP contribution in [0.3, 0.4) is 0 Å². The van der Waals surface area contributed by atoms with Crippen molar-refractivity contribution in [1.29, 1.82) is 0 Å². The predicted octanol–water partition coefficient (Wildman–Crippen LogP) is 0.664. The Kier molecular flexibility index (Phi) is 2.50. The van der Waals surface area contributed by atoms with Gasteiger partial charge >= 0.3 is 11.9 Å². The Morgan fingerprint density at radius 1 is 1.12 bits per heavy atom. The molecule has 5 nitrogen and oxygen atoms in total. The van der Waals surface area contributed by atoms with Gasteiger partial charge in [0, 0.05) is 18.6 Å². The summed E-state index contributed by atoms with van der Waals surface area (Å²) in [6, 6.07) is 0. The van der Waals surface area contributed by atoms with Gasteiger partial charge in [-0.3, -0.25) is 0 Å². The Hall–Kier alpha value is -1.36. The summed E-state index contributed by atoms with van der Waals surface area (Å²) in [5.41, 5.74) is -1.33. The molecule has 88 valence electrons. The monoisotopic (exact) mass is 226 g/mol. The normalized spacial score (nSPS) is 33.1. The van der Waals surface area contributed by atoms with Crippen molar-refractivity contribution < 1.29 is 24.2 Å². The lowest BCUT2D eigenvalue weighted by molar-refractivity contribution is -0.296. The highest BCUT2D eigenvalue weighted by Gasteiger charge is 2.55. The first kappa shape index (κ1) is 11.1. The standard InChI is InChI=1S/C11H14O5/c1-10(14)6-2-3-7-11(10)15-8(12)4-5-9(13)16-11/h4-5,14H,2-3,6-7H2,1H3. The molecule has 1 fully saturated rings. The minimum absolute atomic E-state index is 0.332. The average Bonchev–Trinajstić information content (AvgIpc) is 2.33. The zero-order chi connectivity index (χ0) is 11.8. The molecule has 2 aliphatic rings. The number of hydrogen-bond acceptors (Lipinski definition) is 5. The molecule has 0 amide bonds. The Morgan fingerprint density at radius 2 is 1.62 bits per heavy atom. The van der Waals surface area contributed by atoms with E-state index in [4.69, 9.17) is 9.47 Å². The summed E-state index contributed by atoms with van der Waals surface area (Å²) in [4.78, 5) is 22.7. The molecule has 0 aromatic rings. The number of rotatable bonds is 0. The van der Waals surface area contributed by atoms with Crippen molar-refractivity contribution in [1.82, 2.24) is 0 Å². The number of esters is 2. The molecule has 1 heterocycles. The van der Waals surface area contributed by atoms with E-state index in [0.717, 1.165) is 25.0 Å². The van der Waals surface area contributed by atoms with Gasteiger partial charge in [0.25, 0.3) is 5.79 Å². The summed E-state index contributed by atoms with van der Waals surface area (Å²) in [6.07, 6.45) is 4.37. The zero-order valence-corrected chi connectivity index (χ0v) is 9.06. The van der Waals surface area contributed by atoms with E-state index in [1.807, 2.05) is 0 Å². The van der Waals surface area contributed by atoms with Gasteiger partial charge < -0.3 is 14.6 Å². The van der Waals surface area contributed by atoms with E-state index in [2.05, 4.69) is 0 Å². The number of aliphatic hydroxyl groups is 1. The first-order chi connectivity index (χ1) is 7.45. The van der Waals surface area contributed by atoms with Crippen molar-refractivity contribution in [3.8, 4) is 0 Å². The molecular formula is C11H14O5. The molecule has 0 bridgehead atoms. The maximum Gasteiger partial charge on any atom is 0.334 e. The van der Waals surface area contributed by atoms with Gasteiger partial charge in [0.1, 0.15) is 5.60 Å². The van der Waals surface area contributed by atoms with Crippen LogP contribution >= 0.6 is 0 Å². The van der Waals surface area contributed by atoms with Crippen LogP contribution in [0.1, 0.15) is 32.6 Å². The highest BCUT2D eigenvalue weighted by molar-refractivity contribution is 5.93. The third-order valence-corrected chi connectivity index (χ3v) is 3.13. The largest absolute Gasteiger partial charge is 0.416 e. The smallest absolute Gasteiger partial charge is 0.334 e. The zero-order valence-electron chi connectivity index (χ0n) is 9.06. The molecule has 0 saturated heterocycles. The van der Waals surface area contributed by atoms with E-state index in [1.54, 1.807) is 0 Å². The van der Waals surface area contributed by atoms with Gasteiger partial charge in [-0.05, 0) is 26.2 Å². The molecule has 1 spiro atoms. The molecule has 1 saturated carbocycles. The van der Waals surface area contributed by atoms with Gasteiger partial charge in [-0.15, -0.1) is 0 Å². The maximum absolute atomic E-state index is 11.3. The van der Waals surface area contributed by atoms with Crippen molar-refractivity contribution in [3.05, 3.63) is 12.2 Å². The number of ether oxygens (including phenoxy) is 2. The number of carbonyl (C=O) groups is 2. The quantitative estimate of drug-likeness (QED) is 0.614. The lowest BCUT2D eigenvalue weighted by atomic mass is 9.80. The van der Waals surface area contributed by atoms with E-state index in [0.29, 0.717) is 12.8 Å². The second-order valence-electron chi connectivity index (χ2n) is 4.41. The Bertz CT molecular complexity index is 335. The van der Waals surface area contributed by atoms with E-state index in [-0.39, 0.29) is 0 Å². The lowest BCUT2D eigenvalue weighted by Crippen LogP contribution is -2.58. The fourth-order valence-corrected chi connectivity index (χ4v) is 2.16. The van der Waals surface area contributed by atoms with Gasteiger partial charge in [-0.2, -0.15) is 0 Å². The van der Waals surface area contributed by atoms with Crippen molar-refractivity contribution >= 4 is 11.9 Å². The molecule has 1 aliphatic carbocycles. The average molecular weight is 226 g/mol. The highest BCUT2D eigenvalue weighted by Crippen LogP contribution is 2.41. The third-order valence-electron chi connectivity index (χ3n) is 3.13. The van der Waals surface area contributed by atoms with Crippen LogP contribution in [0.2, 0.25) is 0 Å². The van der Waals surface area contributed by atoms with Crippen LogP contribution in [0.5, 0.6) is 0 Å². The molecule has 1 aliphatic heterocycles. The topological polar surface area (TPSA) is 72.8 Å². The van der Waals surface area contributed by atoms with E-state index >= 15 is 0 Å². The third kappa shape index (κ3) is 1.71. The van der Waals surface area contributed by atoms with Crippen molar-refractivity contribution in [2.75, 3.05) is 0 Å². The van der Waals surface area contributed by atoms with Crippen molar-refractivity contribution in [3.63, 3.8) is 0 Å². The summed E-state index contributed by atoms with van der Waals surface area (Å²) in [5, 5.41) is 10.2. The number of carbonyl (C=O) groups excluding carboxylic acids is 2. The van der Waals surface area contributed by atoms with E-state index < -0.39 is 23.3 Å². The van der Waals surface area contributed by atoms with Crippen LogP contribution in [-0.4, -0.2) is 28.4 Å². The molecule has 2 rings (SSSR count). The Labute approximate surface area is 93.0 Å². The van der Waals surface area contributed by atoms with Gasteiger partial charge in [-0.25, -0.2) is 9.59 Å². The van der Waals surface area contributed by atoms with Gasteiger partial charge in [-0.1, -0.05) is 0 Å². The molecule has 1 unspecified atom stereocenters. The molecule has 1 atom stereocenters. The molecule has 0 aromatic carbocycles. The molecule has 0 aromatic heterocycles. The second kappa shape index (κ2) is 3.59. The molecule has 0 radical (unpaired) electrons.